The smallest absolute Gasteiger partial charge is 0.413 e. The summed E-state index contributed by atoms with van der Waals surface area (Å²) in [5.41, 5.74) is 1.97. The number of amides is 1. The van der Waals surface area contributed by atoms with Gasteiger partial charge >= 0.3 is 6.09 Å². The molecule has 0 aliphatic heterocycles. The molecule has 2 aromatic rings. The molecule has 0 fully saturated rings. The second kappa shape index (κ2) is 5.69. The molecule has 0 atom stereocenters. The number of anilines is 1. The Kier molecular flexibility index (Phi) is 4.19. The molecule has 0 aliphatic carbocycles. The third-order valence-corrected chi connectivity index (χ3v) is 3.29. The van der Waals surface area contributed by atoms with E-state index in [9.17, 15) is 4.79 Å². The number of halogens is 3. The molecule has 0 aliphatic rings. The molecule has 1 amide bonds. The fourth-order valence-electron chi connectivity index (χ4n) is 1.46. The Morgan fingerprint density at radius 2 is 2.11 bits per heavy atom. The number of nitrogens with zero attached hydrogens (tertiary/aromatic N) is 1. The Morgan fingerprint density at radius 3 is 2.74 bits per heavy atom. The lowest BCUT2D eigenvalue weighted by Gasteiger charge is -1.98. The SMILES string of the molecule is COC(=O)Nc1nc2cc(C(Cl)=C(Cl)Cl)ccc2[nH]1. The fourth-order valence-corrected chi connectivity index (χ4v) is 1.79. The largest absolute Gasteiger partial charge is 0.453 e. The van der Waals surface area contributed by atoms with Crippen LogP contribution in [0.4, 0.5) is 10.7 Å². The van der Waals surface area contributed by atoms with Gasteiger partial charge in [-0.05, 0) is 17.7 Å². The first kappa shape index (κ1) is 14.0. The number of rotatable bonds is 2. The zero-order valence-corrected chi connectivity index (χ0v) is 11.9. The average molecular weight is 321 g/mol. The summed E-state index contributed by atoms with van der Waals surface area (Å²) in [5.74, 6) is 0.274. The van der Waals surface area contributed by atoms with E-state index in [1.54, 1.807) is 18.2 Å². The van der Waals surface area contributed by atoms with Crippen molar-refractivity contribution in [1.29, 1.82) is 0 Å². The van der Waals surface area contributed by atoms with Crippen molar-refractivity contribution in [2.24, 2.45) is 0 Å². The summed E-state index contributed by atoms with van der Waals surface area (Å²) in [6.45, 7) is 0. The van der Waals surface area contributed by atoms with Crippen LogP contribution in [0.1, 0.15) is 5.56 Å². The van der Waals surface area contributed by atoms with Crippen LogP contribution in [0, 0.1) is 0 Å². The van der Waals surface area contributed by atoms with Crippen LogP contribution in [0.25, 0.3) is 16.1 Å². The molecule has 2 rings (SSSR count). The van der Waals surface area contributed by atoms with Gasteiger partial charge in [-0.3, -0.25) is 5.32 Å². The molecule has 8 heteroatoms. The highest BCUT2D eigenvalue weighted by Gasteiger charge is 2.09. The summed E-state index contributed by atoms with van der Waals surface area (Å²) in [4.78, 5) is 18.1. The van der Waals surface area contributed by atoms with Crippen molar-refractivity contribution >= 4 is 62.9 Å². The number of carbonyl (C=O) groups excluding carboxylic acids is 1. The van der Waals surface area contributed by atoms with Crippen molar-refractivity contribution in [1.82, 2.24) is 9.97 Å². The maximum atomic E-state index is 11.1. The molecule has 19 heavy (non-hydrogen) atoms. The van der Waals surface area contributed by atoms with E-state index in [0.29, 0.717) is 11.1 Å². The van der Waals surface area contributed by atoms with Crippen LogP contribution in [-0.2, 0) is 4.74 Å². The van der Waals surface area contributed by atoms with Crippen LogP contribution in [0.15, 0.2) is 22.7 Å². The summed E-state index contributed by atoms with van der Waals surface area (Å²) >= 11 is 17.2. The van der Waals surface area contributed by atoms with E-state index in [1.165, 1.54) is 7.11 Å². The van der Waals surface area contributed by atoms with Crippen molar-refractivity contribution in [2.75, 3.05) is 12.4 Å². The van der Waals surface area contributed by atoms with Crippen molar-refractivity contribution in [3.05, 3.63) is 28.3 Å². The maximum absolute atomic E-state index is 11.1. The molecule has 0 saturated carbocycles. The second-order valence-corrected chi connectivity index (χ2v) is 4.84. The van der Waals surface area contributed by atoms with Crippen molar-refractivity contribution < 1.29 is 9.53 Å². The van der Waals surface area contributed by atoms with Crippen LogP contribution < -0.4 is 5.32 Å². The van der Waals surface area contributed by atoms with Gasteiger partial charge in [-0.25, -0.2) is 9.78 Å². The molecule has 0 unspecified atom stereocenters. The molecule has 1 heterocycles. The fraction of sp³-hybridized carbons (Fsp3) is 0.0909. The monoisotopic (exact) mass is 319 g/mol. The van der Waals surface area contributed by atoms with Gasteiger partial charge in [0.2, 0.25) is 5.95 Å². The van der Waals surface area contributed by atoms with Crippen molar-refractivity contribution in [3.63, 3.8) is 0 Å². The van der Waals surface area contributed by atoms with Gasteiger partial charge in [0.1, 0.15) is 4.49 Å². The van der Waals surface area contributed by atoms with Gasteiger partial charge in [0.05, 0.1) is 23.2 Å². The maximum Gasteiger partial charge on any atom is 0.413 e. The highest BCUT2D eigenvalue weighted by atomic mass is 35.5. The van der Waals surface area contributed by atoms with Gasteiger partial charge in [0.25, 0.3) is 0 Å². The van der Waals surface area contributed by atoms with E-state index < -0.39 is 6.09 Å². The minimum Gasteiger partial charge on any atom is -0.453 e. The molecule has 0 bridgehead atoms. The third-order valence-electron chi connectivity index (χ3n) is 2.31. The van der Waals surface area contributed by atoms with E-state index >= 15 is 0 Å². The average Bonchev–Trinajstić information content (AvgIpc) is 2.78. The first-order valence-corrected chi connectivity index (χ1v) is 6.20. The summed E-state index contributed by atoms with van der Waals surface area (Å²) in [6, 6.07) is 5.18. The summed E-state index contributed by atoms with van der Waals surface area (Å²) in [5, 5.41) is 2.66. The van der Waals surface area contributed by atoms with E-state index in [1.807, 2.05) is 0 Å². The minimum absolute atomic E-state index is 0.0236. The van der Waals surface area contributed by atoms with E-state index in [0.717, 1.165) is 5.52 Å². The molecule has 0 spiro atoms. The topological polar surface area (TPSA) is 67.0 Å². The summed E-state index contributed by atoms with van der Waals surface area (Å²) < 4.78 is 4.45. The molecule has 0 saturated heterocycles. The Balaban J connectivity index is 2.39. The lowest BCUT2D eigenvalue weighted by molar-refractivity contribution is 0.186. The number of H-pyrrole nitrogens is 1. The zero-order chi connectivity index (χ0) is 14.0. The van der Waals surface area contributed by atoms with Gasteiger partial charge in [0.15, 0.2) is 0 Å². The lowest BCUT2D eigenvalue weighted by atomic mass is 10.2. The number of carbonyl (C=O) groups is 1. The van der Waals surface area contributed by atoms with Gasteiger partial charge in [-0.15, -0.1) is 0 Å². The number of nitrogens with one attached hydrogen (secondary N) is 2. The normalized spacial score (nSPS) is 10.3. The predicted octanol–water partition coefficient (Wildman–Crippen LogP) is 4.08. The van der Waals surface area contributed by atoms with Crippen LogP contribution in [0.2, 0.25) is 0 Å². The first-order valence-electron chi connectivity index (χ1n) is 5.07. The standard InChI is InChI=1S/C11H8Cl3N3O2/c1-19-11(18)17-10-15-6-3-2-5(4-7(6)16-10)8(12)9(13)14/h2-4H,1H3,(H2,15,16,17,18). The summed E-state index contributed by atoms with van der Waals surface area (Å²) in [7, 11) is 1.27. The number of aromatic nitrogens is 2. The number of imidazole rings is 1. The van der Waals surface area contributed by atoms with Crippen LogP contribution >= 0.6 is 34.8 Å². The van der Waals surface area contributed by atoms with Gasteiger partial charge in [-0.2, -0.15) is 0 Å². The number of benzene rings is 1. The number of aromatic amines is 1. The van der Waals surface area contributed by atoms with E-state index in [4.69, 9.17) is 34.8 Å². The predicted molar refractivity (Wildman–Crippen MR) is 76.6 cm³/mol. The Morgan fingerprint density at radius 1 is 1.37 bits per heavy atom. The first-order chi connectivity index (χ1) is 9.01. The van der Waals surface area contributed by atoms with Crippen molar-refractivity contribution in [3.8, 4) is 0 Å². The number of ether oxygens (including phenoxy) is 1. The summed E-state index contributed by atoms with van der Waals surface area (Å²) in [6.07, 6.45) is -0.610. The highest BCUT2D eigenvalue weighted by Crippen LogP contribution is 2.29. The molecular weight excluding hydrogens is 312 g/mol. The Bertz CT molecular complexity index is 662. The second-order valence-electron chi connectivity index (χ2n) is 3.51. The molecule has 2 N–H and O–H groups in total. The minimum atomic E-state index is -0.610. The molecule has 1 aromatic carbocycles. The van der Waals surface area contributed by atoms with Crippen LogP contribution in [0.3, 0.4) is 0 Å². The number of fused-ring (bicyclic) bond motifs is 1. The number of hydrogen-bond acceptors (Lipinski definition) is 3. The molecule has 5 nitrogen and oxygen atoms in total. The Hall–Kier alpha value is -1.43. The number of methoxy groups -OCH3 is 1. The van der Waals surface area contributed by atoms with Gasteiger partial charge in [0, 0.05) is 0 Å². The molecular formula is C11H8Cl3N3O2. The van der Waals surface area contributed by atoms with E-state index in [-0.39, 0.29) is 15.5 Å². The third kappa shape index (κ3) is 3.12. The number of hydrogen-bond donors (Lipinski definition) is 2. The molecule has 1 aromatic heterocycles. The Labute approximate surface area is 123 Å². The van der Waals surface area contributed by atoms with Crippen LogP contribution in [0.5, 0.6) is 0 Å². The van der Waals surface area contributed by atoms with Gasteiger partial charge < -0.3 is 9.72 Å². The van der Waals surface area contributed by atoms with E-state index in [2.05, 4.69) is 20.0 Å². The quantitative estimate of drug-likeness (QED) is 0.876. The van der Waals surface area contributed by atoms with Crippen molar-refractivity contribution in [2.45, 2.75) is 0 Å². The van der Waals surface area contributed by atoms with Crippen LogP contribution in [-0.4, -0.2) is 23.2 Å². The zero-order valence-electron chi connectivity index (χ0n) is 9.63. The van der Waals surface area contributed by atoms with Gasteiger partial charge in [-0.1, -0.05) is 40.9 Å². The lowest BCUT2D eigenvalue weighted by Crippen LogP contribution is -2.11. The molecule has 0 radical (unpaired) electrons. The highest BCUT2D eigenvalue weighted by molar-refractivity contribution is 6.66. The molecule has 100 valence electrons.